The summed E-state index contributed by atoms with van der Waals surface area (Å²) in [6.45, 7) is 1.53. The van der Waals surface area contributed by atoms with E-state index < -0.39 is 0 Å². The van der Waals surface area contributed by atoms with Gasteiger partial charge in [0, 0.05) is 23.7 Å². The number of halogens is 1. The van der Waals surface area contributed by atoms with E-state index in [1.807, 2.05) is 0 Å². The van der Waals surface area contributed by atoms with Gasteiger partial charge < -0.3 is 20.1 Å². The molecule has 5 aliphatic rings. The average Bonchev–Trinajstić information content (AvgIpc) is 2.85. The summed E-state index contributed by atoms with van der Waals surface area (Å²) in [6, 6.07) is 6.99. The molecule has 0 radical (unpaired) electrons. The monoisotopic (exact) mass is 496 g/mol. The number of aliphatic hydroxyl groups is 1. The van der Waals surface area contributed by atoms with Crippen molar-refractivity contribution in [2.75, 3.05) is 25.0 Å². The summed E-state index contributed by atoms with van der Waals surface area (Å²) < 4.78 is 5.63. The molecule has 7 nitrogen and oxygen atoms in total. The summed E-state index contributed by atoms with van der Waals surface area (Å²) >= 11 is 5.90. The summed E-state index contributed by atoms with van der Waals surface area (Å²) in [4.78, 5) is 23.5. The zero-order valence-electron chi connectivity index (χ0n) is 20.0. The Morgan fingerprint density at radius 2 is 1.83 bits per heavy atom. The van der Waals surface area contributed by atoms with E-state index in [1.54, 1.807) is 35.5 Å². The number of nitrogens with zero attached hydrogens (tertiary/aromatic N) is 3. The van der Waals surface area contributed by atoms with E-state index in [0.717, 1.165) is 34.8 Å². The second kappa shape index (κ2) is 9.25. The van der Waals surface area contributed by atoms with E-state index in [4.69, 9.17) is 16.3 Å². The second-order valence-corrected chi connectivity index (χ2v) is 11.6. The average molecular weight is 497 g/mol. The van der Waals surface area contributed by atoms with Crippen LogP contribution in [0.3, 0.4) is 0 Å². The van der Waals surface area contributed by atoms with Gasteiger partial charge in [0.2, 0.25) is 0 Å². The summed E-state index contributed by atoms with van der Waals surface area (Å²) in [7, 11) is 0. The van der Waals surface area contributed by atoms with Gasteiger partial charge in [-0.3, -0.25) is 4.79 Å². The van der Waals surface area contributed by atoms with E-state index in [2.05, 4.69) is 15.3 Å². The maximum absolute atomic E-state index is 12.7. The summed E-state index contributed by atoms with van der Waals surface area (Å²) in [5.74, 6) is 3.78. The van der Waals surface area contributed by atoms with Crippen LogP contribution in [0, 0.1) is 23.2 Å². The normalized spacial score (nSPS) is 29.5. The fourth-order valence-electron chi connectivity index (χ4n) is 7.48. The Kier molecular flexibility index (Phi) is 6.09. The number of amides is 1. The van der Waals surface area contributed by atoms with Gasteiger partial charge in [0.1, 0.15) is 17.9 Å². The molecule has 1 atom stereocenters. The third-order valence-corrected chi connectivity index (χ3v) is 9.04. The molecule has 186 valence electrons. The molecule has 2 N–H and O–H groups in total. The molecule has 4 aliphatic carbocycles. The third-order valence-electron chi connectivity index (χ3n) is 8.79. The standard InChI is InChI=1S/C27H33ClN4O3/c28-20-1-3-21(4-2-20)35-15-25(34)32-6-5-22-23(14-32)30-16-31-26(22)29-13-24(33)27-10-17-7-18(11-27)9-19(8-17)12-27/h1-4,16-19,24,33H,5-15H2,(H,29,30,31). The molecule has 4 saturated carbocycles. The Balaban J connectivity index is 1.06. The lowest BCUT2D eigenvalue weighted by atomic mass is 9.48. The molecule has 2 heterocycles. The van der Waals surface area contributed by atoms with Gasteiger partial charge in [0.15, 0.2) is 6.61 Å². The second-order valence-electron chi connectivity index (χ2n) is 11.1. The molecule has 0 saturated heterocycles. The van der Waals surface area contributed by atoms with Crippen LogP contribution >= 0.6 is 11.6 Å². The van der Waals surface area contributed by atoms with Crippen LogP contribution in [0.25, 0.3) is 0 Å². The Morgan fingerprint density at radius 1 is 1.14 bits per heavy atom. The van der Waals surface area contributed by atoms with Crippen molar-refractivity contribution in [1.29, 1.82) is 0 Å². The SMILES string of the molecule is O=C(COc1ccc(Cl)cc1)N1CCc2c(ncnc2NCC(O)C23CC4CC(CC(C4)C2)C3)C1. The van der Waals surface area contributed by atoms with Crippen LogP contribution < -0.4 is 10.1 Å². The fourth-order valence-corrected chi connectivity index (χ4v) is 7.61. The van der Waals surface area contributed by atoms with Gasteiger partial charge in [0.05, 0.1) is 18.3 Å². The van der Waals surface area contributed by atoms with E-state index in [0.29, 0.717) is 36.8 Å². The van der Waals surface area contributed by atoms with Crippen molar-refractivity contribution in [3.63, 3.8) is 0 Å². The molecule has 1 unspecified atom stereocenters. The fraction of sp³-hybridized carbons (Fsp3) is 0.593. The van der Waals surface area contributed by atoms with Gasteiger partial charge >= 0.3 is 0 Å². The Labute approximate surface area is 211 Å². The van der Waals surface area contributed by atoms with Gasteiger partial charge in [-0.25, -0.2) is 9.97 Å². The van der Waals surface area contributed by atoms with Crippen molar-refractivity contribution >= 4 is 23.3 Å². The molecular weight excluding hydrogens is 464 g/mol. The lowest BCUT2D eigenvalue weighted by Crippen LogP contribution is -2.53. The number of fused-ring (bicyclic) bond motifs is 1. The number of hydrogen-bond donors (Lipinski definition) is 2. The number of carbonyl (C=O) groups is 1. The van der Waals surface area contributed by atoms with Crippen molar-refractivity contribution in [1.82, 2.24) is 14.9 Å². The number of carbonyl (C=O) groups excluding carboxylic acids is 1. The maximum Gasteiger partial charge on any atom is 0.260 e. The van der Waals surface area contributed by atoms with Crippen molar-refractivity contribution in [2.24, 2.45) is 23.2 Å². The Morgan fingerprint density at radius 3 is 2.51 bits per heavy atom. The van der Waals surface area contributed by atoms with Gasteiger partial charge in [-0.1, -0.05) is 11.6 Å². The molecule has 35 heavy (non-hydrogen) atoms. The molecule has 7 rings (SSSR count). The number of nitrogens with one attached hydrogen (secondary N) is 1. The van der Waals surface area contributed by atoms with Crippen molar-refractivity contribution < 1.29 is 14.6 Å². The maximum atomic E-state index is 12.7. The number of aliphatic hydroxyl groups excluding tert-OH is 1. The predicted molar refractivity (Wildman–Crippen MR) is 133 cm³/mol. The molecule has 4 fully saturated rings. The quantitative estimate of drug-likeness (QED) is 0.600. The first kappa shape index (κ1) is 23.0. The van der Waals surface area contributed by atoms with Crippen LogP contribution in [0.1, 0.15) is 49.8 Å². The highest BCUT2D eigenvalue weighted by atomic mass is 35.5. The van der Waals surface area contributed by atoms with Crippen molar-refractivity contribution in [3.05, 3.63) is 46.9 Å². The highest BCUT2D eigenvalue weighted by Gasteiger charge is 2.53. The van der Waals surface area contributed by atoms with Crippen molar-refractivity contribution in [2.45, 2.75) is 57.6 Å². The van der Waals surface area contributed by atoms with Crippen LogP contribution in [0.5, 0.6) is 5.75 Å². The van der Waals surface area contributed by atoms with E-state index in [-0.39, 0.29) is 24.0 Å². The molecule has 1 amide bonds. The summed E-state index contributed by atoms with van der Waals surface area (Å²) in [6.07, 6.45) is 9.54. The van der Waals surface area contributed by atoms with Gasteiger partial charge in [-0.2, -0.15) is 0 Å². The lowest BCUT2D eigenvalue weighted by Gasteiger charge is -2.58. The molecular formula is C27H33ClN4O3. The third kappa shape index (κ3) is 4.60. The highest BCUT2D eigenvalue weighted by molar-refractivity contribution is 6.30. The Bertz CT molecular complexity index is 1060. The topological polar surface area (TPSA) is 87.6 Å². The zero-order valence-corrected chi connectivity index (χ0v) is 20.7. The predicted octanol–water partition coefficient (Wildman–Crippen LogP) is 4.08. The van der Waals surface area contributed by atoms with Crippen LogP contribution in [0.2, 0.25) is 5.02 Å². The first-order valence-electron chi connectivity index (χ1n) is 12.9. The summed E-state index contributed by atoms with van der Waals surface area (Å²) in [5, 5.41) is 15.4. The van der Waals surface area contributed by atoms with Gasteiger partial charge in [-0.05, 0) is 92.4 Å². The minimum absolute atomic E-state index is 0.0234. The van der Waals surface area contributed by atoms with E-state index >= 15 is 0 Å². The van der Waals surface area contributed by atoms with Crippen molar-refractivity contribution in [3.8, 4) is 5.75 Å². The smallest absolute Gasteiger partial charge is 0.260 e. The number of rotatable bonds is 7. The van der Waals surface area contributed by atoms with Crippen LogP contribution in [-0.2, 0) is 17.8 Å². The summed E-state index contributed by atoms with van der Waals surface area (Å²) in [5.41, 5.74) is 1.99. The highest BCUT2D eigenvalue weighted by Crippen LogP contribution is 2.61. The zero-order chi connectivity index (χ0) is 24.0. The van der Waals surface area contributed by atoms with E-state index in [1.165, 1.54) is 38.5 Å². The van der Waals surface area contributed by atoms with Crippen LogP contribution in [0.4, 0.5) is 5.82 Å². The van der Waals surface area contributed by atoms with E-state index in [9.17, 15) is 9.90 Å². The molecule has 4 bridgehead atoms. The molecule has 1 aromatic heterocycles. The molecule has 0 spiro atoms. The van der Waals surface area contributed by atoms with Crippen LogP contribution in [0.15, 0.2) is 30.6 Å². The minimum Gasteiger partial charge on any atom is -0.484 e. The lowest BCUT2D eigenvalue weighted by molar-refractivity contribution is -0.134. The Hall–Kier alpha value is -2.38. The van der Waals surface area contributed by atoms with Gasteiger partial charge in [-0.15, -0.1) is 0 Å². The number of benzene rings is 1. The molecule has 1 aromatic carbocycles. The van der Waals surface area contributed by atoms with Crippen LogP contribution in [-0.4, -0.2) is 51.7 Å². The molecule has 8 heteroatoms. The number of anilines is 1. The number of aromatic nitrogens is 2. The number of ether oxygens (including phenoxy) is 1. The number of hydrogen-bond acceptors (Lipinski definition) is 6. The molecule has 1 aliphatic heterocycles. The largest absolute Gasteiger partial charge is 0.484 e. The first-order chi connectivity index (χ1) is 17.0. The molecule has 2 aromatic rings. The van der Waals surface area contributed by atoms with Gasteiger partial charge in [0.25, 0.3) is 5.91 Å². The first-order valence-corrected chi connectivity index (χ1v) is 13.3. The minimum atomic E-state index is -0.354.